The highest BCUT2D eigenvalue weighted by atomic mass is 32.1. The third-order valence-electron chi connectivity index (χ3n) is 3.04. The van der Waals surface area contributed by atoms with Crippen molar-refractivity contribution in [3.63, 3.8) is 0 Å². The maximum absolute atomic E-state index is 10.8. The van der Waals surface area contributed by atoms with E-state index >= 15 is 0 Å². The zero-order chi connectivity index (χ0) is 14.7. The number of rotatable bonds is 5. The van der Waals surface area contributed by atoms with Crippen molar-refractivity contribution in [2.75, 3.05) is 12.8 Å². The van der Waals surface area contributed by atoms with Gasteiger partial charge in [0.1, 0.15) is 0 Å². The molecular weight excluding hydrogens is 276 g/mol. The molecule has 1 heterocycles. The van der Waals surface area contributed by atoms with E-state index in [4.69, 9.17) is 5.73 Å². The summed E-state index contributed by atoms with van der Waals surface area (Å²) >= 11 is 1.61. The molecule has 0 bridgehead atoms. The molecule has 2 rings (SSSR count). The van der Waals surface area contributed by atoms with Crippen molar-refractivity contribution >= 4 is 22.7 Å². The van der Waals surface area contributed by atoms with E-state index in [1.807, 2.05) is 19.5 Å². The number of anilines is 1. The van der Waals surface area contributed by atoms with E-state index in [1.165, 1.54) is 17.0 Å². The monoisotopic (exact) mass is 292 g/mol. The van der Waals surface area contributed by atoms with Gasteiger partial charge < -0.3 is 5.73 Å². The number of hydrogen-bond acceptors (Lipinski definition) is 6. The van der Waals surface area contributed by atoms with Crippen LogP contribution < -0.4 is 5.73 Å². The molecule has 1 aromatic carbocycles. The molecule has 0 unspecified atom stereocenters. The lowest BCUT2D eigenvalue weighted by atomic mass is 10.1. The van der Waals surface area contributed by atoms with Crippen LogP contribution in [-0.4, -0.2) is 21.9 Å². The number of hydrogen-bond donors (Lipinski definition) is 1. The molecule has 0 spiro atoms. The first kappa shape index (κ1) is 14.4. The lowest BCUT2D eigenvalue weighted by Crippen LogP contribution is -2.18. The number of nitrogens with two attached hydrogens (primary N) is 1. The van der Waals surface area contributed by atoms with Gasteiger partial charge in [0, 0.05) is 35.8 Å². The van der Waals surface area contributed by atoms with Gasteiger partial charge in [0.05, 0.1) is 16.1 Å². The Morgan fingerprint density at radius 1 is 1.45 bits per heavy atom. The first-order chi connectivity index (χ1) is 9.47. The van der Waals surface area contributed by atoms with Crippen LogP contribution >= 0.6 is 11.3 Å². The minimum Gasteiger partial charge on any atom is -0.398 e. The number of benzene rings is 1. The average Bonchev–Trinajstić information content (AvgIpc) is 2.77. The Bertz CT molecular complexity index is 627. The van der Waals surface area contributed by atoms with Gasteiger partial charge in [-0.25, -0.2) is 4.98 Å². The molecule has 2 N–H and O–H groups in total. The van der Waals surface area contributed by atoms with Crippen LogP contribution in [-0.2, 0) is 13.1 Å². The van der Waals surface area contributed by atoms with Gasteiger partial charge in [0.2, 0.25) is 0 Å². The SMILES string of the molecule is Cc1ncsc1CN(C)Cc1cc([N+](=O)[O-])ccc1N. The zero-order valence-electron chi connectivity index (χ0n) is 11.4. The second-order valence-corrected chi connectivity index (χ2v) is 5.61. The minimum absolute atomic E-state index is 0.0663. The van der Waals surface area contributed by atoms with E-state index in [2.05, 4.69) is 9.88 Å². The molecule has 20 heavy (non-hydrogen) atoms. The highest BCUT2D eigenvalue weighted by molar-refractivity contribution is 7.09. The highest BCUT2D eigenvalue weighted by Gasteiger charge is 2.12. The zero-order valence-corrected chi connectivity index (χ0v) is 12.2. The second-order valence-electron chi connectivity index (χ2n) is 4.67. The summed E-state index contributed by atoms with van der Waals surface area (Å²) in [6.45, 7) is 3.28. The van der Waals surface area contributed by atoms with Crippen LogP contribution in [0.25, 0.3) is 0 Å². The quantitative estimate of drug-likeness (QED) is 0.520. The molecule has 0 saturated carbocycles. The molecule has 0 aliphatic rings. The molecule has 2 aromatic rings. The predicted octanol–water partition coefficient (Wildman–Crippen LogP) is 2.57. The standard InChI is InChI=1S/C13H16N4O2S/c1-9-13(20-8-15-9)7-16(2)6-10-5-11(17(18)19)3-4-12(10)14/h3-5,8H,6-7,14H2,1-2H3. The number of non-ortho nitro benzene ring substituents is 1. The third-order valence-corrected chi connectivity index (χ3v) is 3.96. The van der Waals surface area contributed by atoms with Crippen LogP contribution in [0.1, 0.15) is 16.1 Å². The van der Waals surface area contributed by atoms with Crippen molar-refractivity contribution in [2.45, 2.75) is 20.0 Å². The van der Waals surface area contributed by atoms with Crippen molar-refractivity contribution < 1.29 is 4.92 Å². The van der Waals surface area contributed by atoms with Crippen LogP contribution in [0.4, 0.5) is 11.4 Å². The van der Waals surface area contributed by atoms with E-state index < -0.39 is 4.92 Å². The lowest BCUT2D eigenvalue weighted by molar-refractivity contribution is -0.384. The Morgan fingerprint density at radius 3 is 2.80 bits per heavy atom. The lowest BCUT2D eigenvalue weighted by Gasteiger charge is -2.17. The maximum Gasteiger partial charge on any atom is 0.269 e. The van der Waals surface area contributed by atoms with Gasteiger partial charge in [-0.3, -0.25) is 15.0 Å². The largest absolute Gasteiger partial charge is 0.398 e. The molecule has 0 aliphatic carbocycles. The van der Waals surface area contributed by atoms with Gasteiger partial charge in [-0.05, 0) is 25.6 Å². The fourth-order valence-electron chi connectivity index (χ4n) is 1.91. The summed E-state index contributed by atoms with van der Waals surface area (Å²) < 4.78 is 0. The summed E-state index contributed by atoms with van der Waals surface area (Å²) in [4.78, 5) is 17.9. The van der Waals surface area contributed by atoms with Crippen molar-refractivity contribution in [1.29, 1.82) is 0 Å². The molecule has 0 fully saturated rings. The van der Waals surface area contributed by atoms with Gasteiger partial charge in [-0.2, -0.15) is 0 Å². The van der Waals surface area contributed by atoms with E-state index in [0.717, 1.165) is 17.8 Å². The summed E-state index contributed by atoms with van der Waals surface area (Å²) in [6.07, 6.45) is 0. The molecule has 0 aliphatic heterocycles. The number of thiazole rings is 1. The number of aromatic nitrogens is 1. The highest BCUT2D eigenvalue weighted by Crippen LogP contribution is 2.22. The number of aryl methyl sites for hydroxylation is 1. The molecule has 106 valence electrons. The van der Waals surface area contributed by atoms with Crippen molar-refractivity contribution in [3.05, 3.63) is 50.0 Å². The summed E-state index contributed by atoms with van der Waals surface area (Å²) in [7, 11) is 1.96. The van der Waals surface area contributed by atoms with Gasteiger partial charge >= 0.3 is 0 Å². The number of nitro groups is 1. The molecule has 0 atom stereocenters. The van der Waals surface area contributed by atoms with Crippen LogP contribution in [0.15, 0.2) is 23.7 Å². The van der Waals surface area contributed by atoms with E-state index in [1.54, 1.807) is 17.4 Å². The first-order valence-electron chi connectivity index (χ1n) is 6.07. The molecule has 0 amide bonds. The number of nitro benzene ring substituents is 1. The number of nitrogen functional groups attached to an aromatic ring is 1. The summed E-state index contributed by atoms with van der Waals surface area (Å²) in [5.41, 5.74) is 10.1. The van der Waals surface area contributed by atoms with Crippen LogP contribution in [0.5, 0.6) is 0 Å². The Kier molecular flexibility index (Phi) is 4.31. The van der Waals surface area contributed by atoms with Crippen LogP contribution in [0.2, 0.25) is 0 Å². The third kappa shape index (κ3) is 3.31. The maximum atomic E-state index is 10.8. The Hall–Kier alpha value is -1.99. The van der Waals surface area contributed by atoms with Crippen molar-refractivity contribution in [3.8, 4) is 0 Å². The average molecular weight is 292 g/mol. The molecule has 7 heteroatoms. The number of nitrogens with zero attached hydrogens (tertiary/aromatic N) is 3. The first-order valence-corrected chi connectivity index (χ1v) is 6.95. The summed E-state index contributed by atoms with van der Waals surface area (Å²) in [6, 6.07) is 4.54. The molecular formula is C13H16N4O2S. The molecule has 0 saturated heterocycles. The van der Waals surface area contributed by atoms with Crippen molar-refractivity contribution in [1.82, 2.24) is 9.88 Å². The van der Waals surface area contributed by atoms with Crippen LogP contribution in [0, 0.1) is 17.0 Å². The summed E-state index contributed by atoms with van der Waals surface area (Å²) in [5, 5.41) is 10.8. The van der Waals surface area contributed by atoms with E-state index in [-0.39, 0.29) is 5.69 Å². The fourth-order valence-corrected chi connectivity index (χ4v) is 2.77. The molecule has 6 nitrogen and oxygen atoms in total. The minimum atomic E-state index is -0.406. The Balaban J connectivity index is 2.11. The van der Waals surface area contributed by atoms with Gasteiger partial charge in [-0.1, -0.05) is 0 Å². The Morgan fingerprint density at radius 2 is 2.20 bits per heavy atom. The second kappa shape index (κ2) is 5.98. The smallest absolute Gasteiger partial charge is 0.269 e. The molecule has 1 aromatic heterocycles. The van der Waals surface area contributed by atoms with E-state index in [0.29, 0.717) is 12.2 Å². The van der Waals surface area contributed by atoms with Crippen LogP contribution in [0.3, 0.4) is 0 Å². The van der Waals surface area contributed by atoms with Gasteiger partial charge in [-0.15, -0.1) is 11.3 Å². The van der Waals surface area contributed by atoms with Gasteiger partial charge in [0.15, 0.2) is 0 Å². The topological polar surface area (TPSA) is 85.3 Å². The Labute approximate surface area is 121 Å². The predicted molar refractivity (Wildman–Crippen MR) is 79.5 cm³/mol. The molecule has 0 radical (unpaired) electrons. The van der Waals surface area contributed by atoms with Crippen molar-refractivity contribution in [2.24, 2.45) is 0 Å². The normalized spacial score (nSPS) is 10.9. The van der Waals surface area contributed by atoms with Gasteiger partial charge in [0.25, 0.3) is 5.69 Å². The van der Waals surface area contributed by atoms with E-state index in [9.17, 15) is 10.1 Å². The fraction of sp³-hybridized carbons (Fsp3) is 0.308. The summed E-state index contributed by atoms with van der Waals surface area (Å²) in [5.74, 6) is 0.